The number of nitro groups is 1. The van der Waals surface area contributed by atoms with Crippen molar-refractivity contribution in [2.45, 2.75) is 33.2 Å². The Balaban J connectivity index is 3.34. The number of benzene rings is 1. The van der Waals surface area contributed by atoms with Gasteiger partial charge in [-0.05, 0) is 26.3 Å². The third-order valence-corrected chi connectivity index (χ3v) is 2.93. The maximum atomic E-state index is 13.9. The van der Waals surface area contributed by atoms with Crippen LogP contribution in [-0.2, 0) is 0 Å². The number of nitro benzene ring substituents is 1. The fourth-order valence-electron chi connectivity index (χ4n) is 1.94. The molecule has 2 N–H and O–H groups in total. The summed E-state index contributed by atoms with van der Waals surface area (Å²) < 4.78 is 13.9. The molecule has 0 saturated heterocycles. The molecular formula is C13H18FN3O3. The summed E-state index contributed by atoms with van der Waals surface area (Å²) in [7, 11) is 0. The summed E-state index contributed by atoms with van der Waals surface area (Å²) in [5, 5.41) is 10.8. The van der Waals surface area contributed by atoms with Gasteiger partial charge in [-0.15, -0.1) is 0 Å². The summed E-state index contributed by atoms with van der Waals surface area (Å²) >= 11 is 0. The lowest BCUT2D eigenvalue weighted by Gasteiger charge is -2.26. The van der Waals surface area contributed by atoms with Gasteiger partial charge >= 0.3 is 0 Å². The molecular weight excluding hydrogens is 265 g/mol. The smallest absolute Gasteiger partial charge is 0.293 e. The van der Waals surface area contributed by atoms with E-state index in [9.17, 15) is 19.3 Å². The fraction of sp³-hybridized carbons (Fsp3) is 0.462. The van der Waals surface area contributed by atoms with Crippen molar-refractivity contribution >= 4 is 17.3 Å². The molecule has 0 heterocycles. The van der Waals surface area contributed by atoms with Gasteiger partial charge in [0.15, 0.2) is 0 Å². The van der Waals surface area contributed by atoms with Gasteiger partial charge in [0.1, 0.15) is 17.1 Å². The Morgan fingerprint density at radius 2 is 2.10 bits per heavy atom. The molecule has 0 aromatic heterocycles. The Morgan fingerprint density at radius 3 is 2.55 bits per heavy atom. The number of carbonyl (C=O) groups excluding carboxylic acids is 1. The topological polar surface area (TPSA) is 89.5 Å². The number of carbonyl (C=O) groups is 1. The van der Waals surface area contributed by atoms with Crippen molar-refractivity contribution in [2.75, 3.05) is 12.3 Å². The average molecular weight is 283 g/mol. The molecule has 0 radical (unpaired) electrons. The zero-order valence-electron chi connectivity index (χ0n) is 11.7. The maximum Gasteiger partial charge on any atom is 0.293 e. The molecule has 0 fully saturated rings. The Bertz CT molecular complexity index is 532. The minimum atomic E-state index is -0.847. The van der Waals surface area contributed by atoms with Crippen molar-refractivity contribution in [3.05, 3.63) is 33.6 Å². The maximum absolute atomic E-state index is 13.9. The Kier molecular flexibility index (Phi) is 5.01. The number of nitrogen functional groups attached to an aromatic ring is 1. The molecule has 7 heteroatoms. The van der Waals surface area contributed by atoms with Crippen molar-refractivity contribution in [2.24, 2.45) is 0 Å². The van der Waals surface area contributed by atoms with Crippen LogP contribution in [0.1, 0.15) is 37.6 Å². The van der Waals surface area contributed by atoms with Crippen LogP contribution in [0.5, 0.6) is 0 Å². The highest BCUT2D eigenvalue weighted by atomic mass is 19.1. The van der Waals surface area contributed by atoms with Gasteiger partial charge in [0.25, 0.3) is 11.6 Å². The number of amides is 1. The highest BCUT2D eigenvalue weighted by molar-refractivity contribution is 6.01. The number of nitrogens with zero attached hydrogens (tertiary/aromatic N) is 2. The van der Waals surface area contributed by atoms with Crippen LogP contribution in [0.2, 0.25) is 0 Å². The van der Waals surface area contributed by atoms with Gasteiger partial charge in [0.2, 0.25) is 0 Å². The summed E-state index contributed by atoms with van der Waals surface area (Å²) in [6.45, 7) is 5.89. The van der Waals surface area contributed by atoms with Gasteiger partial charge in [-0.1, -0.05) is 6.92 Å². The van der Waals surface area contributed by atoms with E-state index in [1.807, 2.05) is 6.92 Å². The van der Waals surface area contributed by atoms with E-state index in [0.29, 0.717) is 13.0 Å². The molecule has 0 bridgehead atoms. The predicted octanol–water partition coefficient (Wildman–Crippen LogP) is 2.58. The Morgan fingerprint density at radius 1 is 1.50 bits per heavy atom. The molecule has 20 heavy (non-hydrogen) atoms. The van der Waals surface area contributed by atoms with E-state index in [-0.39, 0.29) is 6.04 Å². The molecule has 0 unspecified atom stereocenters. The highest BCUT2D eigenvalue weighted by Crippen LogP contribution is 2.28. The lowest BCUT2D eigenvalue weighted by atomic mass is 10.1. The van der Waals surface area contributed by atoms with Crippen molar-refractivity contribution < 1.29 is 14.1 Å². The minimum Gasteiger partial charge on any atom is -0.392 e. The molecule has 1 aromatic rings. The summed E-state index contributed by atoms with van der Waals surface area (Å²) in [6, 6.07) is 1.70. The van der Waals surface area contributed by atoms with E-state index in [4.69, 9.17) is 5.73 Å². The fourth-order valence-corrected chi connectivity index (χ4v) is 1.94. The molecule has 1 amide bonds. The van der Waals surface area contributed by atoms with Gasteiger partial charge in [-0.25, -0.2) is 4.39 Å². The van der Waals surface area contributed by atoms with E-state index < -0.39 is 33.6 Å². The third-order valence-electron chi connectivity index (χ3n) is 2.93. The van der Waals surface area contributed by atoms with E-state index in [1.54, 1.807) is 13.8 Å². The van der Waals surface area contributed by atoms with Crippen LogP contribution in [0, 0.1) is 15.9 Å². The van der Waals surface area contributed by atoms with Crippen LogP contribution in [-0.4, -0.2) is 28.3 Å². The Hall–Kier alpha value is -2.18. The van der Waals surface area contributed by atoms with E-state index in [1.165, 1.54) is 4.90 Å². The number of rotatable bonds is 5. The molecule has 0 atom stereocenters. The van der Waals surface area contributed by atoms with E-state index in [2.05, 4.69) is 0 Å². The molecule has 1 aromatic carbocycles. The first-order chi connectivity index (χ1) is 9.31. The van der Waals surface area contributed by atoms with Gasteiger partial charge in [-0.3, -0.25) is 14.9 Å². The lowest BCUT2D eigenvalue weighted by Crippen LogP contribution is -2.38. The second-order valence-corrected chi connectivity index (χ2v) is 4.70. The van der Waals surface area contributed by atoms with Crippen molar-refractivity contribution in [1.29, 1.82) is 0 Å². The molecule has 0 aliphatic rings. The quantitative estimate of drug-likeness (QED) is 0.511. The Labute approximate surface area is 116 Å². The van der Waals surface area contributed by atoms with Gasteiger partial charge in [0.05, 0.1) is 4.92 Å². The molecule has 110 valence electrons. The molecule has 6 nitrogen and oxygen atoms in total. The second kappa shape index (κ2) is 6.31. The molecule has 0 spiro atoms. The van der Waals surface area contributed by atoms with Crippen LogP contribution in [0.4, 0.5) is 15.8 Å². The molecule has 1 rings (SSSR count). The van der Waals surface area contributed by atoms with E-state index in [0.717, 1.165) is 12.1 Å². The standard InChI is InChI=1S/C13H18FN3O3/c1-4-7-16(8(2)3)13(18)11-9(14)5-6-10(12(11)15)17(19)20/h5-6,8H,4,7,15H2,1-3H3. The number of halogens is 1. The van der Waals surface area contributed by atoms with Crippen molar-refractivity contribution in [3.8, 4) is 0 Å². The SMILES string of the molecule is CCCN(C(=O)c1c(F)ccc([N+](=O)[O-])c1N)C(C)C. The largest absolute Gasteiger partial charge is 0.392 e. The van der Waals surface area contributed by atoms with Crippen molar-refractivity contribution in [3.63, 3.8) is 0 Å². The number of anilines is 1. The zero-order valence-corrected chi connectivity index (χ0v) is 11.7. The van der Waals surface area contributed by atoms with Gasteiger partial charge in [0, 0.05) is 18.7 Å². The minimum absolute atomic E-state index is 0.152. The molecule has 0 aliphatic heterocycles. The van der Waals surface area contributed by atoms with Gasteiger partial charge in [-0.2, -0.15) is 0 Å². The molecule has 0 saturated carbocycles. The summed E-state index contributed by atoms with van der Waals surface area (Å²) in [4.78, 5) is 23.9. The second-order valence-electron chi connectivity index (χ2n) is 4.70. The first-order valence-corrected chi connectivity index (χ1v) is 6.34. The van der Waals surface area contributed by atoms with Crippen LogP contribution >= 0.6 is 0 Å². The first-order valence-electron chi connectivity index (χ1n) is 6.34. The summed E-state index contributed by atoms with van der Waals surface area (Å²) in [6.07, 6.45) is 0.695. The average Bonchev–Trinajstić information content (AvgIpc) is 2.34. The summed E-state index contributed by atoms with van der Waals surface area (Å²) in [5.74, 6) is -1.47. The third kappa shape index (κ3) is 3.04. The number of hydrogen-bond donors (Lipinski definition) is 1. The summed E-state index contributed by atoms with van der Waals surface area (Å²) in [5.41, 5.74) is 4.27. The number of nitrogens with two attached hydrogens (primary N) is 1. The highest BCUT2D eigenvalue weighted by Gasteiger charge is 2.28. The normalized spacial score (nSPS) is 10.7. The van der Waals surface area contributed by atoms with Gasteiger partial charge < -0.3 is 10.6 Å². The number of hydrogen-bond acceptors (Lipinski definition) is 4. The monoisotopic (exact) mass is 283 g/mol. The lowest BCUT2D eigenvalue weighted by molar-refractivity contribution is -0.384. The van der Waals surface area contributed by atoms with Crippen LogP contribution in [0.3, 0.4) is 0 Å². The molecule has 0 aliphatic carbocycles. The van der Waals surface area contributed by atoms with E-state index >= 15 is 0 Å². The zero-order chi connectivity index (χ0) is 15.4. The van der Waals surface area contributed by atoms with Crippen LogP contribution in [0.25, 0.3) is 0 Å². The van der Waals surface area contributed by atoms with Crippen LogP contribution < -0.4 is 5.73 Å². The predicted molar refractivity (Wildman–Crippen MR) is 73.9 cm³/mol. The van der Waals surface area contributed by atoms with Crippen molar-refractivity contribution in [1.82, 2.24) is 4.90 Å². The first kappa shape index (κ1) is 15.9. The van der Waals surface area contributed by atoms with Crippen LogP contribution in [0.15, 0.2) is 12.1 Å².